The van der Waals surface area contributed by atoms with Crippen molar-refractivity contribution in [2.45, 2.75) is 6.92 Å². The molecule has 3 N–H and O–H groups in total. The Morgan fingerprint density at radius 1 is 1.33 bits per heavy atom. The molecule has 0 saturated carbocycles. The van der Waals surface area contributed by atoms with Crippen molar-refractivity contribution < 1.29 is 0 Å². The maximum absolute atomic E-state index is 11.2. The summed E-state index contributed by atoms with van der Waals surface area (Å²) >= 11 is 0. The molecule has 0 aliphatic rings. The molecule has 15 heavy (non-hydrogen) atoms. The molecule has 4 nitrogen and oxygen atoms in total. The van der Waals surface area contributed by atoms with Crippen molar-refractivity contribution >= 4 is 5.69 Å². The second-order valence-electron chi connectivity index (χ2n) is 3.33. The van der Waals surface area contributed by atoms with Crippen LogP contribution in [0.1, 0.15) is 5.69 Å². The van der Waals surface area contributed by atoms with Gasteiger partial charge in [-0.2, -0.15) is 0 Å². The smallest absolute Gasteiger partial charge is 0.271 e. The standard InChI is InChI=1S/C11H11N3O/c1-7-9(6-10(12)11(15)14-7)8-2-4-13-5-3-8/h2-6H,12H2,1H3,(H,14,15). The van der Waals surface area contributed by atoms with E-state index < -0.39 is 0 Å². The van der Waals surface area contributed by atoms with Crippen molar-refractivity contribution in [2.75, 3.05) is 5.73 Å². The molecule has 2 aromatic rings. The van der Waals surface area contributed by atoms with Gasteiger partial charge in [0.05, 0.1) is 5.69 Å². The summed E-state index contributed by atoms with van der Waals surface area (Å²) in [5, 5.41) is 0. The zero-order valence-corrected chi connectivity index (χ0v) is 8.32. The number of rotatable bonds is 1. The first-order chi connectivity index (χ1) is 7.18. The van der Waals surface area contributed by atoms with Crippen LogP contribution in [-0.4, -0.2) is 9.97 Å². The first-order valence-electron chi connectivity index (χ1n) is 4.58. The van der Waals surface area contributed by atoms with Crippen molar-refractivity contribution in [3.8, 4) is 11.1 Å². The van der Waals surface area contributed by atoms with Crippen LogP contribution < -0.4 is 11.3 Å². The molecule has 0 spiro atoms. The SMILES string of the molecule is Cc1[nH]c(=O)c(N)cc1-c1ccncc1. The number of nitrogens with two attached hydrogens (primary N) is 1. The van der Waals surface area contributed by atoms with E-state index in [0.717, 1.165) is 16.8 Å². The fraction of sp³-hybridized carbons (Fsp3) is 0.0909. The average molecular weight is 201 g/mol. The summed E-state index contributed by atoms with van der Waals surface area (Å²) in [6.45, 7) is 1.84. The summed E-state index contributed by atoms with van der Waals surface area (Å²) in [4.78, 5) is 17.9. The van der Waals surface area contributed by atoms with E-state index in [9.17, 15) is 4.79 Å². The molecule has 0 radical (unpaired) electrons. The highest BCUT2D eigenvalue weighted by Crippen LogP contribution is 2.21. The fourth-order valence-electron chi connectivity index (χ4n) is 1.47. The summed E-state index contributed by atoms with van der Waals surface area (Å²) in [6.07, 6.45) is 3.41. The van der Waals surface area contributed by atoms with Gasteiger partial charge in [-0.25, -0.2) is 0 Å². The van der Waals surface area contributed by atoms with Gasteiger partial charge in [0.25, 0.3) is 5.56 Å². The lowest BCUT2D eigenvalue weighted by Crippen LogP contribution is -2.13. The molecule has 2 aromatic heterocycles. The minimum atomic E-state index is -0.245. The van der Waals surface area contributed by atoms with E-state index in [0.29, 0.717) is 0 Å². The van der Waals surface area contributed by atoms with Gasteiger partial charge in [-0.15, -0.1) is 0 Å². The van der Waals surface area contributed by atoms with E-state index in [2.05, 4.69) is 9.97 Å². The molecule has 2 heterocycles. The van der Waals surface area contributed by atoms with Crippen LogP contribution in [0, 0.1) is 6.92 Å². The van der Waals surface area contributed by atoms with E-state index >= 15 is 0 Å². The number of nitrogens with zero attached hydrogens (tertiary/aromatic N) is 1. The van der Waals surface area contributed by atoms with Crippen molar-refractivity contribution in [3.05, 3.63) is 46.6 Å². The van der Waals surface area contributed by atoms with Crippen LogP contribution >= 0.6 is 0 Å². The zero-order chi connectivity index (χ0) is 10.8. The number of hydrogen-bond acceptors (Lipinski definition) is 3. The molecule has 0 bridgehead atoms. The Morgan fingerprint density at radius 2 is 2.00 bits per heavy atom. The lowest BCUT2D eigenvalue weighted by Gasteiger charge is -2.05. The lowest BCUT2D eigenvalue weighted by atomic mass is 10.1. The second kappa shape index (κ2) is 3.57. The quantitative estimate of drug-likeness (QED) is 0.731. The van der Waals surface area contributed by atoms with Gasteiger partial charge < -0.3 is 10.7 Å². The third kappa shape index (κ3) is 1.74. The van der Waals surface area contributed by atoms with Crippen molar-refractivity contribution in [1.29, 1.82) is 0 Å². The number of nitrogens with one attached hydrogen (secondary N) is 1. The summed E-state index contributed by atoms with van der Waals surface area (Å²) in [7, 11) is 0. The van der Waals surface area contributed by atoms with Crippen LogP contribution in [0.3, 0.4) is 0 Å². The Hall–Kier alpha value is -2.10. The van der Waals surface area contributed by atoms with Gasteiger partial charge in [0.1, 0.15) is 0 Å². The second-order valence-corrected chi connectivity index (χ2v) is 3.33. The van der Waals surface area contributed by atoms with Gasteiger partial charge >= 0.3 is 0 Å². The van der Waals surface area contributed by atoms with E-state index in [1.165, 1.54) is 0 Å². The molecule has 0 aromatic carbocycles. The number of anilines is 1. The van der Waals surface area contributed by atoms with Gasteiger partial charge in [0.2, 0.25) is 0 Å². The Kier molecular flexibility index (Phi) is 2.25. The maximum atomic E-state index is 11.2. The molecule has 0 aliphatic heterocycles. The zero-order valence-electron chi connectivity index (χ0n) is 8.32. The van der Waals surface area contributed by atoms with E-state index in [1.807, 2.05) is 19.1 Å². The van der Waals surface area contributed by atoms with Crippen LogP contribution in [0.25, 0.3) is 11.1 Å². The third-order valence-corrected chi connectivity index (χ3v) is 2.26. The summed E-state index contributed by atoms with van der Waals surface area (Å²) < 4.78 is 0. The summed E-state index contributed by atoms with van der Waals surface area (Å²) in [5.41, 5.74) is 8.27. The highest BCUT2D eigenvalue weighted by Gasteiger charge is 2.04. The number of nitrogen functional groups attached to an aromatic ring is 1. The Labute approximate surface area is 86.8 Å². The summed E-state index contributed by atoms with van der Waals surface area (Å²) in [6, 6.07) is 5.43. The largest absolute Gasteiger partial charge is 0.394 e. The van der Waals surface area contributed by atoms with Gasteiger partial charge in [-0.3, -0.25) is 9.78 Å². The molecule has 0 atom stereocenters. The highest BCUT2D eigenvalue weighted by atomic mass is 16.1. The fourth-order valence-corrected chi connectivity index (χ4v) is 1.47. The van der Waals surface area contributed by atoms with Gasteiger partial charge in [-0.1, -0.05) is 0 Å². The van der Waals surface area contributed by atoms with Crippen LogP contribution in [0.15, 0.2) is 35.4 Å². The minimum Gasteiger partial charge on any atom is -0.394 e. The molecular formula is C11H11N3O. The number of H-pyrrole nitrogens is 1. The first-order valence-corrected chi connectivity index (χ1v) is 4.58. The molecule has 0 unspecified atom stereocenters. The summed E-state index contributed by atoms with van der Waals surface area (Å²) in [5.74, 6) is 0. The molecule has 2 rings (SSSR count). The van der Waals surface area contributed by atoms with Gasteiger partial charge in [0, 0.05) is 23.7 Å². The molecule has 0 amide bonds. The first kappa shape index (κ1) is 9.45. The normalized spacial score (nSPS) is 10.2. The van der Waals surface area contributed by atoms with Crippen LogP contribution in [0.4, 0.5) is 5.69 Å². The van der Waals surface area contributed by atoms with Crippen LogP contribution in [0.2, 0.25) is 0 Å². The molecular weight excluding hydrogens is 190 g/mol. The van der Waals surface area contributed by atoms with Crippen LogP contribution in [-0.2, 0) is 0 Å². The molecule has 0 aliphatic carbocycles. The number of aromatic amines is 1. The third-order valence-electron chi connectivity index (χ3n) is 2.26. The van der Waals surface area contributed by atoms with Crippen LogP contribution in [0.5, 0.6) is 0 Å². The predicted octanol–water partition coefficient (Wildman–Crippen LogP) is 1.33. The van der Waals surface area contributed by atoms with Crippen molar-refractivity contribution in [2.24, 2.45) is 0 Å². The Balaban J connectivity index is 2.64. The Morgan fingerprint density at radius 3 is 2.67 bits per heavy atom. The molecule has 0 fully saturated rings. The number of aryl methyl sites for hydroxylation is 1. The van der Waals surface area contributed by atoms with E-state index in [-0.39, 0.29) is 11.2 Å². The monoisotopic (exact) mass is 201 g/mol. The highest BCUT2D eigenvalue weighted by molar-refractivity contribution is 5.68. The molecule has 76 valence electrons. The number of hydrogen-bond donors (Lipinski definition) is 2. The van der Waals surface area contributed by atoms with Crippen molar-refractivity contribution in [1.82, 2.24) is 9.97 Å². The minimum absolute atomic E-state index is 0.229. The number of aromatic nitrogens is 2. The van der Waals surface area contributed by atoms with Gasteiger partial charge in [0.15, 0.2) is 0 Å². The molecule has 0 saturated heterocycles. The maximum Gasteiger partial charge on any atom is 0.271 e. The Bertz CT molecular complexity index is 531. The average Bonchev–Trinajstić information content (AvgIpc) is 2.25. The lowest BCUT2D eigenvalue weighted by molar-refractivity contribution is 1.15. The topological polar surface area (TPSA) is 71.8 Å². The number of pyridine rings is 2. The molecule has 4 heteroatoms. The van der Waals surface area contributed by atoms with E-state index in [4.69, 9.17) is 5.73 Å². The van der Waals surface area contributed by atoms with Gasteiger partial charge in [-0.05, 0) is 30.7 Å². The predicted molar refractivity (Wildman–Crippen MR) is 59.4 cm³/mol. The van der Waals surface area contributed by atoms with E-state index in [1.54, 1.807) is 18.5 Å². The van der Waals surface area contributed by atoms with Crippen molar-refractivity contribution in [3.63, 3.8) is 0 Å².